The van der Waals surface area contributed by atoms with E-state index in [2.05, 4.69) is 25.6 Å². The molecule has 1 unspecified atom stereocenters. The van der Waals surface area contributed by atoms with Crippen molar-refractivity contribution in [3.8, 4) is 22.5 Å². The Morgan fingerprint density at radius 1 is 1.06 bits per heavy atom. The van der Waals surface area contributed by atoms with Crippen LogP contribution in [-0.4, -0.2) is 68.6 Å². The van der Waals surface area contributed by atoms with Gasteiger partial charge in [-0.25, -0.2) is 9.37 Å². The molecule has 4 aliphatic rings. The van der Waals surface area contributed by atoms with Gasteiger partial charge >= 0.3 is 0 Å². The first-order valence-electron chi connectivity index (χ1n) is 16.5. The summed E-state index contributed by atoms with van der Waals surface area (Å²) in [6, 6.07) is 14.9. The predicted octanol–water partition coefficient (Wildman–Crippen LogP) is 4.95. The predicted molar refractivity (Wildman–Crippen MR) is 175 cm³/mol. The number of fused-ring (bicyclic) bond motifs is 2. The Morgan fingerprint density at radius 3 is 2.53 bits per heavy atom. The van der Waals surface area contributed by atoms with Crippen LogP contribution in [0.3, 0.4) is 0 Å². The Labute approximate surface area is 272 Å². The molecule has 2 aliphatic heterocycles. The molecule has 2 amide bonds. The molecule has 242 valence electrons. The van der Waals surface area contributed by atoms with E-state index in [-0.39, 0.29) is 36.7 Å². The first-order valence-corrected chi connectivity index (χ1v) is 16.5. The molecule has 4 aromatic rings. The van der Waals surface area contributed by atoms with Gasteiger partial charge in [0.1, 0.15) is 11.9 Å². The molecule has 2 saturated heterocycles. The zero-order valence-electron chi connectivity index (χ0n) is 26.5. The van der Waals surface area contributed by atoms with Crippen LogP contribution in [-0.2, 0) is 21.4 Å². The highest BCUT2D eigenvalue weighted by atomic mass is 19.1. The van der Waals surface area contributed by atoms with E-state index in [1.807, 2.05) is 73.4 Å². The highest BCUT2D eigenvalue weighted by molar-refractivity contribution is 6.00. The van der Waals surface area contributed by atoms with Crippen LogP contribution in [0.15, 0.2) is 67.1 Å². The Hall–Kier alpha value is -4.64. The van der Waals surface area contributed by atoms with Crippen LogP contribution < -0.4 is 15.5 Å². The highest BCUT2D eigenvalue weighted by Gasteiger charge is 2.53. The second kappa shape index (κ2) is 11.6. The van der Waals surface area contributed by atoms with E-state index in [4.69, 9.17) is 9.72 Å². The molecule has 11 heteroatoms. The number of nitrogens with zero attached hydrogens (tertiary/aromatic N) is 5. The summed E-state index contributed by atoms with van der Waals surface area (Å²) in [5, 5.41) is 10.2. The van der Waals surface area contributed by atoms with E-state index in [0.717, 1.165) is 65.3 Å². The zero-order chi connectivity index (χ0) is 32.3. The minimum Gasteiger partial charge on any atom is -0.374 e. The van der Waals surface area contributed by atoms with E-state index in [0.29, 0.717) is 18.3 Å². The van der Waals surface area contributed by atoms with E-state index >= 15 is 4.39 Å². The lowest BCUT2D eigenvalue weighted by Crippen LogP contribution is -2.51. The van der Waals surface area contributed by atoms with Gasteiger partial charge < -0.3 is 20.3 Å². The monoisotopic (exact) mass is 635 g/mol. The number of halogens is 1. The van der Waals surface area contributed by atoms with Crippen LogP contribution in [0.25, 0.3) is 22.5 Å². The molecule has 2 saturated carbocycles. The molecule has 8 rings (SSSR count). The van der Waals surface area contributed by atoms with Crippen LogP contribution >= 0.6 is 0 Å². The Kier molecular flexibility index (Phi) is 7.31. The van der Waals surface area contributed by atoms with Gasteiger partial charge in [-0.1, -0.05) is 30.3 Å². The minimum atomic E-state index is -1.91. The van der Waals surface area contributed by atoms with Crippen LogP contribution in [0.5, 0.6) is 0 Å². The maximum atomic E-state index is 15.0. The maximum absolute atomic E-state index is 15.0. The molecule has 2 bridgehead atoms. The van der Waals surface area contributed by atoms with Gasteiger partial charge in [-0.05, 0) is 74.3 Å². The minimum absolute atomic E-state index is 0.170. The molecular formula is C36H38FN7O3. The Balaban J connectivity index is 1.08. The summed E-state index contributed by atoms with van der Waals surface area (Å²) in [6.07, 6.45) is 8.80. The van der Waals surface area contributed by atoms with Crippen molar-refractivity contribution >= 4 is 23.3 Å². The number of nitrogens with one attached hydrogen (secondary N) is 2. The number of aromatic nitrogens is 4. The molecule has 0 radical (unpaired) electrons. The number of ether oxygens (including phenoxy) is 1. The summed E-state index contributed by atoms with van der Waals surface area (Å²) >= 11 is 0. The third-order valence-electron chi connectivity index (χ3n) is 10.1. The van der Waals surface area contributed by atoms with E-state index in [9.17, 15) is 9.59 Å². The number of carbonyl (C=O) groups is 2. The molecular weight excluding hydrogens is 597 g/mol. The number of amides is 2. The number of anilines is 2. The fraction of sp³-hybridized carbons (Fsp3) is 0.417. The van der Waals surface area contributed by atoms with Crippen molar-refractivity contribution in [3.05, 3.63) is 78.2 Å². The van der Waals surface area contributed by atoms with Crippen LogP contribution in [0, 0.1) is 12.8 Å². The van der Waals surface area contributed by atoms with Crippen molar-refractivity contribution in [1.29, 1.82) is 0 Å². The molecule has 10 nitrogen and oxygen atoms in total. The normalized spacial score (nSPS) is 22.1. The number of rotatable bonds is 10. The van der Waals surface area contributed by atoms with Crippen LogP contribution in [0.4, 0.5) is 15.9 Å². The summed E-state index contributed by atoms with van der Waals surface area (Å²) in [4.78, 5) is 38.9. The smallest absolute Gasteiger partial charge is 0.258 e. The number of hydrogen-bond acceptors (Lipinski definition) is 7. The van der Waals surface area contributed by atoms with Crippen molar-refractivity contribution < 1.29 is 18.7 Å². The first kappa shape index (κ1) is 29.7. The van der Waals surface area contributed by atoms with Crippen LogP contribution in [0.1, 0.15) is 49.1 Å². The van der Waals surface area contributed by atoms with E-state index in [1.165, 1.54) is 0 Å². The van der Waals surface area contributed by atoms with Crippen molar-refractivity contribution in [1.82, 2.24) is 25.1 Å². The third kappa shape index (κ3) is 5.77. The quantitative estimate of drug-likeness (QED) is 0.254. The molecule has 2 aromatic heterocycles. The SMILES string of the molecule is Cc1cnn(C)c1-c1ccc(NC(=O)[C@@H](NC(=O)C2(F)CC2)C(c2cccc(-c3cncc(N4C[C@@H]5C[C@H]4CO5)n3)c2)C2CC2)cc1. The maximum Gasteiger partial charge on any atom is 0.258 e. The summed E-state index contributed by atoms with van der Waals surface area (Å²) < 4.78 is 22.6. The molecule has 4 atom stereocenters. The lowest BCUT2D eigenvalue weighted by atomic mass is 9.85. The lowest BCUT2D eigenvalue weighted by molar-refractivity contribution is -0.131. The number of hydrogen-bond donors (Lipinski definition) is 2. The highest BCUT2D eigenvalue weighted by Crippen LogP contribution is 2.46. The summed E-state index contributed by atoms with van der Waals surface area (Å²) in [5.41, 5.74) is 4.22. The van der Waals surface area contributed by atoms with Crippen molar-refractivity contribution in [2.75, 3.05) is 23.4 Å². The van der Waals surface area contributed by atoms with Crippen LogP contribution in [0.2, 0.25) is 0 Å². The number of aryl methyl sites for hydroxylation is 2. The molecule has 47 heavy (non-hydrogen) atoms. The summed E-state index contributed by atoms with van der Waals surface area (Å²) in [6.45, 7) is 3.52. The van der Waals surface area contributed by atoms with E-state index in [1.54, 1.807) is 12.4 Å². The molecule has 0 spiro atoms. The van der Waals surface area contributed by atoms with Crippen molar-refractivity contribution in [2.24, 2.45) is 13.0 Å². The standard InChI is InChI=1S/C36H38FN7O3/c1-21-16-39-43(2)33(21)23-8-10-26(11-9-23)40-34(45)32(42-35(46)36(37)12-13-36)31(22-6-7-22)25-5-3-4-24(14-25)29-17-38-18-30(41-29)44-19-28-15-27(44)20-47-28/h3-5,8-11,14,16-18,22,27-28,31-32H,6-7,12-13,15,19-20H2,1-2H3,(H,40,45)(H,42,46)/t27-,28-,31?,32-/m0/s1. The fourth-order valence-corrected chi connectivity index (χ4v) is 7.23. The Bertz CT molecular complexity index is 1810. The average Bonchev–Trinajstić information content (AvgIpc) is 3.94. The molecule has 2 N–H and O–H groups in total. The average molecular weight is 636 g/mol. The summed E-state index contributed by atoms with van der Waals surface area (Å²) in [5.74, 6) is -0.440. The molecule has 2 aliphatic carbocycles. The van der Waals surface area contributed by atoms with Gasteiger partial charge in [0.25, 0.3) is 5.91 Å². The van der Waals surface area contributed by atoms with E-state index < -0.39 is 17.6 Å². The van der Waals surface area contributed by atoms with Gasteiger partial charge in [-0.2, -0.15) is 5.10 Å². The molecule has 2 aromatic carbocycles. The lowest BCUT2D eigenvalue weighted by Gasteiger charge is -2.29. The second-order valence-corrected chi connectivity index (χ2v) is 13.5. The molecule has 4 fully saturated rings. The molecule has 4 heterocycles. The van der Waals surface area contributed by atoms with Gasteiger partial charge in [0.15, 0.2) is 5.67 Å². The zero-order valence-corrected chi connectivity index (χ0v) is 26.5. The largest absolute Gasteiger partial charge is 0.374 e. The summed E-state index contributed by atoms with van der Waals surface area (Å²) in [7, 11) is 1.89. The van der Waals surface area contributed by atoms with Crippen molar-refractivity contribution in [3.63, 3.8) is 0 Å². The number of alkyl halides is 1. The van der Waals surface area contributed by atoms with Gasteiger partial charge in [0.2, 0.25) is 5.91 Å². The van der Waals surface area contributed by atoms with Crippen molar-refractivity contribution in [2.45, 2.75) is 68.8 Å². The number of morpholine rings is 1. The number of benzene rings is 2. The topological polar surface area (TPSA) is 114 Å². The van der Waals surface area contributed by atoms with Gasteiger partial charge in [0, 0.05) is 36.3 Å². The van der Waals surface area contributed by atoms with Gasteiger partial charge in [-0.15, -0.1) is 0 Å². The fourth-order valence-electron chi connectivity index (χ4n) is 7.23. The Morgan fingerprint density at radius 2 is 1.87 bits per heavy atom. The third-order valence-corrected chi connectivity index (χ3v) is 10.1. The second-order valence-electron chi connectivity index (χ2n) is 13.5. The number of carbonyl (C=O) groups excluding carboxylic acids is 2. The van der Waals surface area contributed by atoms with Gasteiger partial charge in [0.05, 0.1) is 48.7 Å². The first-order chi connectivity index (χ1) is 22.8. The van der Waals surface area contributed by atoms with Gasteiger partial charge in [-0.3, -0.25) is 19.3 Å².